The molecule has 114 valence electrons. The fourth-order valence-electron chi connectivity index (χ4n) is 1.92. The van der Waals surface area contributed by atoms with Gasteiger partial charge in [0, 0.05) is 0 Å². The molecule has 0 amide bonds. The van der Waals surface area contributed by atoms with Crippen LogP contribution in [0.15, 0.2) is 79.4 Å². The highest BCUT2D eigenvalue weighted by Gasteiger charge is 2.06. The van der Waals surface area contributed by atoms with Crippen molar-refractivity contribution in [2.45, 2.75) is 13.2 Å². The molecule has 3 aromatic rings. The fourth-order valence-corrected chi connectivity index (χ4v) is 1.92. The van der Waals surface area contributed by atoms with E-state index in [0.29, 0.717) is 13.2 Å². The molecule has 0 bridgehead atoms. The molecule has 1 aromatic heterocycles. The SMILES string of the molecule is [Br-].c1ccc(COn2cc[n+](OCc3ccccc3)c2)cc1. The Morgan fingerprint density at radius 3 is 2.05 bits per heavy atom. The first-order valence-electron chi connectivity index (χ1n) is 6.84. The third-order valence-electron chi connectivity index (χ3n) is 3.03. The number of rotatable bonds is 6. The molecule has 0 unspecified atom stereocenters. The van der Waals surface area contributed by atoms with Crippen LogP contribution in [0, 0.1) is 0 Å². The van der Waals surface area contributed by atoms with E-state index in [1.54, 1.807) is 15.8 Å². The van der Waals surface area contributed by atoms with E-state index in [4.69, 9.17) is 9.68 Å². The molecule has 0 saturated heterocycles. The van der Waals surface area contributed by atoms with Gasteiger partial charge in [0.2, 0.25) is 0 Å². The van der Waals surface area contributed by atoms with Gasteiger partial charge < -0.3 is 26.7 Å². The number of hydrogen-bond donors (Lipinski definition) is 0. The second-order valence-corrected chi connectivity index (χ2v) is 4.65. The van der Waals surface area contributed by atoms with Gasteiger partial charge in [-0.1, -0.05) is 60.7 Å². The number of halogens is 1. The van der Waals surface area contributed by atoms with Crippen molar-refractivity contribution in [3.05, 3.63) is 90.5 Å². The van der Waals surface area contributed by atoms with Crippen molar-refractivity contribution in [1.29, 1.82) is 0 Å². The third-order valence-corrected chi connectivity index (χ3v) is 3.03. The Balaban J connectivity index is 0.00000176. The zero-order chi connectivity index (χ0) is 14.3. The molecule has 0 N–H and O–H groups in total. The number of hydrogen-bond acceptors (Lipinski definition) is 2. The molecule has 0 aliphatic carbocycles. The summed E-state index contributed by atoms with van der Waals surface area (Å²) in [4.78, 5) is 11.3. The lowest BCUT2D eigenvalue weighted by atomic mass is 10.2. The minimum absolute atomic E-state index is 0. The summed E-state index contributed by atoms with van der Waals surface area (Å²) in [6.45, 7) is 1.04. The zero-order valence-corrected chi connectivity index (χ0v) is 13.6. The van der Waals surface area contributed by atoms with E-state index >= 15 is 0 Å². The van der Waals surface area contributed by atoms with Gasteiger partial charge in [-0.3, -0.25) is 0 Å². The van der Waals surface area contributed by atoms with Gasteiger partial charge in [0.1, 0.15) is 0 Å². The van der Waals surface area contributed by atoms with Crippen molar-refractivity contribution >= 4 is 0 Å². The molecule has 0 spiro atoms. The molecule has 5 heteroatoms. The molecule has 0 radical (unpaired) electrons. The highest BCUT2D eigenvalue weighted by Crippen LogP contribution is 1.99. The van der Waals surface area contributed by atoms with Crippen molar-refractivity contribution in [3.8, 4) is 0 Å². The Hall–Kier alpha value is -2.27. The van der Waals surface area contributed by atoms with Crippen LogP contribution in [0.3, 0.4) is 0 Å². The van der Waals surface area contributed by atoms with Crippen LogP contribution in [0.2, 0.25) is 0 Å². The topological polar surface area (TPSA) is 27.3 Å². The van der Waals surface area contributed by atoms with Gasteiger partial charge >= 0.3 is 6.33 Å². The molecular weight excluding hydrogens is 344 g/mol. The lowest BCUT2D eigenvalue weighted by Gasteiger charge is -2.00. The van der Waals surface area contributed by atoms with Gasteiger partial charge in [0.25, 0.3) is 0 Å². The quantitative estimate of drug-likeness (QED) is 0.529. The van der Waals surface area contributed by atoms with E-state index in [1.807, 2.05) is 73.1 Å². The average molecular weight is 361 g/mol. The first-order chi connectivity index (χ1) is 10.4. The summed E-state index contributed by atoms with van der Waals surface area (Å²) >= 11 is 0. The van der Waals surface area contributed by atoms with Crippen molar-refractivity contribution in [1.82, 2.24) is 4.73 Å². The Labute approximate surface area is 140 Å². The number of aromatic nitrogens is 2. The molecule has 1 heterocycles. The molecule has 3 rings (SSSR count). The van der Waals surface area contributed by atoms with E-state index < -0.39 is 0 Å². The van der Waals surface area contributed by atoms with E-state index in [0.717, 1.165) is 11.1 Å². The molecule has 2 aromatic carbocycles. The number of benzene rings is 2. The summed E-state index contributed by atoms with van der Waals surface area (Å²) in [5.74, 6) is 0. The lowest BCUT2D eigenvalue weighted by molar-refractivity contribution is -0.895. The minimum Gasteiger partial charge on any atom is -1.00 e. The molecule has 0 atom stereocenters. The Morgan fingerprint density at radius 2 is 1.41 bits per heavy atom. The third kappa shape index (κ3) is 4.63. The number of nitrogens with zero attached hydrogens (tertiary/aromatic N) is 2. The Morgan fingerprint density at radius 1 is 0.818 bits per heavy atom. The van der Waals surface area contributed by atoms with Gasteiger partial charge in [-0.25, -0.2) is 0 Å². The van der Waals surface area contributed by atoms with Crippen LogP contribution >= 0.6 is 0 Å². The van der Waals surface area contributed by atoms with Crippen molar-refractivity contribution < 1.29 is 31.4 Å². The average Bonchev–Trinajstić information content (AvgIpc) is 3.01. The van der Waals surface area contributed by atoms with Crippen LogP contribution in [0.5, 0.6) is 0 Å². The van der Waals surface area contributed by atoms with Gasteiger partial charge in [-0.15, -0.1) is 0 Å². The normalized spacial score (nSPS) is 9.82. The second-order valence-electron chi connectivity index (χ2n) is 4.65. The molecular formula is C17H17BrN2O2. The number of imidazole rings is 1. The zero-order valence-electron chi connectivity index (χ0n) is 12.0. The summed E-state index contributed by atoms with van der Waals surface area (Å²) in [5, 5.41) is 0. The molecule has 4 nitrogen and oxygen atoms in total. The highest BCUT2D eigenvalue weighted by atomic mass is 79.9. The van der Waals surface area contributed by atoms with Gasteiger partial charge in [0.05, 0.1) is 0 Å². The van der Waals surface area contributed by atoms with Crippen LogP contribution in [-0.4, -0.2) is 4.73 Å². The second kappa shape index (κ2) is 8.24. The lowest BCUT2D eigenvalue weighted by Crippen LogP contribution is -3.00. The van der Waals surface area contributed by atoms with Gasteiger partial charge in [-0.05, 0) is 20.6 Å². The maximum Gasteiger partial charge on any atom is 0.323 e. The maximum atomic E-state index is 5.64. The van der Waals surface area contributed by atoms with Crippen molar-refractivity contribution in [2.24, 2.45) is 0 Å². The largest absolute Gasteiger partial charge is 1.00 e. The van der Waals surface area contributed by atoms with Crippen LogP contribution in [0.25, 0.3) is 0 Å². The first-order valence-corrected chi connectivity index (χ1v) is 6.84. The minimum atomic E-state index is 0. The van der Waals surface area contributed by atoms with Crippen LogP contribution < -0.4 is 31.4 Å². The summed E-state index contributed by atoms with van der Waals surface area (Å²) in [5.41, 5.74) is 2.26. The maximum absolute atomic E-state index is 5.64. The van der Waals surface area contributed by atoms with Crippen LogP contribution in [0.4, 0.5) is 0 Å². The van der Waals surface area contributed by atoms with E-state index in [1.165, 1.54) is 0 Å². The van der Waals surface area contributed by atoms with Crippen LogP contribution in [-0.2, 0) is 13.2 Å². The molecule has 0 aliphatic rings. The Bertz CT molecular complexity index is 613. The smallest absolute Gasteiger partial charge is 0.323 e. The summed E-state index contributed by atoms with van der Waals surface area (Å²) < 4.78 is 3.27. The van der Waals surface area contributed by atoms with Crippen molar-refractivity contribution in [3.63, 3.8) is 0 Å². The fraction of sp³-hybridized carbons (Fsp3) is 0.118. The highest BCUT2D eigenvalue weighted by molar-refractivity contribution is 5.14. The summed E-state index contributed by atoms with van der Waals surface area (Å²) in [7, 11) is 0. The predicted octanol–water partition coefficient (Wildman–Crippen LogP) is -0.963. The van der Waals surface area contributed by atoms with E-state index in [2.05, 4.69) is 0 Å². The van der Waals surface area contributed by atoms with E-state index in [-0.39, 0.29) is 17.0 Å². The monoisotopic (exact) mass is 360 g/mol. The van der Waals surface area contributed by atoms with Gasteiger partial charge in [0.15, 0.2) is 25.6 Å². The molecule has 22 heavy (non-hydrogen) atoms. The first kappa shape index (κ1) is 16.1. The summed E-state index contributed by atoms with van der Waals surface area (Å²) in [6.07, 6.45) is 5.38. The molecule has 0 saturated carbocycles. The van der Waals surface area contributed by atoms with Gasteiger partial charge in [-0.2, -0.15) is 0 Å². The van der Waals surface area contributed by atoms with E-state index in [9.17, 15) is 0 Å². The standard InChI is InChI=1S/C17H17N2O2.BrH/c1-3-7-16(8-4-1)13-20-18-11-12-19(15-18)21-14-17-9-5-2-6-10-17;/h1-12,15H,13-14H2;1H/q+1;/p-1. The Kier molecular flexibility index (Phi) is 6.03. The predicted molar refractivity (Wildman–Crippen MR) is 78.1 cm³/mol. The van der Waals surface area contributed by atoms with Crippen molar-refractivity contribution in [2.75, 3.05) is 0 Å². The molecule has 0 fully saturated rings. The summed E-state index contributed by atoms with van der Waals surface area (Å²) in [6, 6.07) is 20.1. The molecule has 0 aliphatic heterocycles. The van der Waals surface area contributed by atoms with Crippen LogP contribution in [0.1, 0.15) is 11.1 Å².